The van der Waals surface area contributed by atoms with E-state index in [1.54, 1.807) is 19.2 Å². The van der Waals surface area contributed by atoms with Gasteiger partial charge in [0.15, 0.2) is 0 Å². The van der Waals surface area contributed by atoms with Gasteiger partial charge in [-0.2, -0.15) is 0 Å². The fourth-order valence-corrected chi connectivity index (χ4v) is 3.81. The highest BCUT2D eigenvalue weighted by atomic mass is 35.5. The Bertz CT molecular complexity index is 1200. The van der Waals surface area contributed by atoms with Gasteiger partial charge in [0.2, 0.25) is 5.03 Å². The highest BCUT2D eigenvalue weighted by molar-refractivity contribution is 7.89. The molecule has 0 aliphatic rings. The molecule has 2 aromatic heterocycles. The molecular weight excluding hydrogens is 435 g/mol. The van der Waals surface area contributed by atoms with Gasteiger partial charge < -0.3 is 4.74 Å². The standard InChI is InChI=1S/C19H18Cl2N4O3S/c1-10-5-11(2)17(12(3)16(10)21)28-18-19(29(26,27)22-4)24-9-15(25-18)13-6-14(20)8-23-7-13/h5-9,22H,1-4H3. The summed E-state index contributed by atoms with van der Waals surface area (Å²) in [7, 11) is -2.64. The third kappa shape index (κ3) is 4.35. The topological polar surface area (TPSA) is 94.1 Å². The molecule has 10 heteroatoms. The van der Waals surface area contributed by atoms with E-state index in [0.29, 0.717) is 32.6 Å². The first-order chi connectivity index (χ1) is 13.6. The van der Waals surface area contributed by atoms with Crippen molar-refractivity contribution < 1.29 is 13.2 Å². The Kier molecular flexibility index (Phi) is 6.09. The number of aromatic nitrogens is 3. The van der Waals surface area contributed by atoms with Crippen molar-refractivity contribution >= 4 is 33.2 Å². The van der Waals surface area contributed by atoms with Crippen LogP contribution in [-0.4, -0.2) is 30.4 Å². The van der Waals surface area contributed by atoms with Crippen LogP contribution in [0.3, 0.4) is 0 Å². The Morgan fingerprint density at radius 3 is 2.41 bits per heavy atom. The molecule has 0 atom stereocenters. The van der Waals surface area contributed by atoms with Crippen molar-refractivity contribution in [1.82, 2.24) is 19.7 Å². The van der Waals surface area contributed by atoms with Gasteiger partial charge in [0.1, 0.15) is 5.75 Å². The second-order valence-corrected chi connectivity index (χ2v) is 8.96. The summed E-state index contributed by atoms with van der Waals surface area (Å²) in [6.07, 6.45) is 4.36. The van der Waals surface area contributed by atoms with E-state index in [2.05, 4.69) is 19.7 Å². The van der Waals surface area contributed by atoms with Crippen LogP contribution in [0.4, 0.5) is 0 Å². The van der Waals surface area contributed by atoms with E-state index in [9.17, 15) is 8.42 Å². The Hall–Kier alpha value is -2.26. The van der Waals surface area contributed by atoms with Crippen molar-refractivity contribution in [3.63, 3.8) is 0 Å². The van der Waals surface area contributed by atoms with Gasteiger partial charge in [0.25, 0.3) is 15.9 Å². The Balaban J connectivity index is 2.20. The molecule has 0 saturated carbocycles. The summed E-state index contributed by atoms with van der Waals surface area (Å²) in [4.78, 5) is 12.5. The van der Waals surface area contributed by atoms with Gasteiger partial charge in [-0.15, -0.1) is 0 Å². The fraction of sp³-hybridized carbons (Fsp3) is 0.211. The first-order valence-corrected chi connectivity index (χ1v) is 10.7. The average molecular weight is 453 g/mol. The maximum Gasteiger partial charge on any atom is 0.263 e. The van der Waals surface area contributed by atoms with E-state index < -0.39 is 10.0 Å². The van der Waals surface area contributed by atoms with E-state index in [-0.39, 0.29) is 10.9 Å². The summed E-state index contributed by atoms with van der Waals surface area (Å²) < 4.78 is 33.1. The van der Waals surface area contributed by atoms with Crippen LogP contribution in [0.5, 0.6) is 11.6 Å². The third-order valence-electron chi connectivity index (χ3n) is 4.24. The monoisotopic (exact) mass is 452 g/mol. The maximum atomic E-state index is 12.5. The van der Waals surface area contributed by atoms with Crippen LogP contribution in [0.25, 0.3) is 11.3 Å². The summed E-state index contributed by atoms with van der Waals surface area (Å²) in [5.74, 6) is 0.242. The van der Waals surface area contributed by atoms with Gasteiger partial charge in [0.05, 0.1) is 21.9 Å². The van der Waals surface area contributed by atoms with Crippen molar-refractivity contribution in [2.24, 2.45) is 0 Å². The number of nitrogens with one attached hydrogen (secondary N) is 1. The minimum absolute atomic E-state index is 0.178. The van der Waals surface area contributed by atoms with E-state index in [4.69, 9.17) is 27.9 Å². The molecule has 152 valence electrons. The van der Waals surface area contributed by atoms with Crippen molar-refractivity contribution in [2.75, 3.05) is 7.05 Å². The lowest BCUT2D eigenvalue weighted by Crippen LogP contribution is -2.21. The molecule has 3 aromatic rings. The molecule has 0 fully saturated rings. The van der Waals surface area contributed by atoms with Crippen LogP contribution in [0, 0.1) is 20.8 Å². The number of sulfonamides is 1. The number of rotatable bonds is 5. The van der Waals surface area contributed by atoms with E-state index in [1.807, 2.05) is 19.9 Å². The quantitative estimate of drug-likeness (QED) is 0.613. The van der Waals surface area contributed by atoms with Gasteiger partial charge in [-0.3, -0.25) is 4.98 Å². The molecule has 3 rings (SSSR count). The summed E-state index contributed by atoms with van der Waals surface area (Å²) in [5.41, 5.74) is 3.28. The normalized spacial score (nSPS) is 11.5. The van der Waals surface area contributed by atoms with Crippen LogP contribution in [0.1, 0.15) is 16.7 Å². The highest BCUT2D eigenvalue weighted by Gasteiger charge is 2.24. The summed E-state index contributed by atoms with van der Waals surface area (Å²) in [5, 5.41) is 0.608. The molecule has 0 unspecified atom stereocenters. The number of hydrogen-bond acceptors (Lipinski definition) is 6. The number of benzene rings is 1. The Labute approximate surface area is 179 Å². The van der Waals surface area contributed by atoms with E-state index >= 15 is 0 Å². The minimum Gasteiger partial charge on any atom is -0.436 e. The molecule has 0 spiro atoms. The maximum absolute atomic E-state index is 12.5. The van der Waals surface area contributed by atoms with Crippen LogP contribution >= 0.6 is 23.2 Å². The zero-order valence-electron chi connectivity index (χ0n) is 16.1. The van der Waals surface area contributed by atoms with Gasteiger partial charge >= 0.3 is 0 Å². The lowest BCUT2D eigenvalue weighted by atomic mass is 10.1. The largest absolute Gasteiger partial charge is 0.436 e. The SMILES string of the molecule is CNS(=O)(=O)c1ncc(-c2cncc(Cl)c2)nc1Oc1c(C)cc(C)c(Cl)c1C. The van der Waals surface area contributed by atoms with Crippen LogP contribution in [0.2, 0.25) is 10.0 Å². The number of halogens is 2. The zero-order chi connectivity index (χ0) is 21.3. The minimum atomic E-state index is -3.92. The Morgan fingerprint density at radius 2 is 1.76 bits per heavy atom. The number of pyridine rings is 1. The van der Waals surface area contributed by atoms with E-state index in [1.165, 1.54) is 19.4 Å². The zero-order valence-corrected chi connectivity index (χ0v) is 18.4. The summed E-state index contributed by atoms with van der Waals surface area (Å²) >= 11 is 12.4. The lowest BCUT2D eigenvalue weighted by Gasteiger charge is -2.16. The molecule has 7 nitrogen and oxygen atoms in total. The molecule has 29 heavy (non-hydrogen) atoms. The van der Waals surface area contributed by atoms with Gasteiger partial charge in [-0.25, -0.2) is 23.1 Å². The van der Waals surface area contributed by atoms with Crippen LogP contribution < -0.4 is 9.46 Å². The molecule has 0 saturated heterocycles. The molecule has 2 heterocycles. The predicted octanol–water partition coefficient (Wildman–Crippen LogP) is 4.47. The van der Waals surface area contributed by atoms with Gasteiger partial charge in [-0.1, -0.05) is 29.3 Å². The van der Waals surface area contributed by atoms with Crippen molar-refractivity contribution in [3.05, 3.63) is 57.5 Å². The molecule has 0 bridgehead atoms. The molecule has 0 aliphatic heterocycles. The molecular formula is C19H18Cl2N4O3S. The van der Waals surface area contributed by atoms with Crippen molar-refractivity contribution in [2.45, 2.75) is 25.8 Å². The van der Waals surface area contributed by atoms with E-state index in [0.717, 1.165) is 11.1 Å². The van der Waals surface area contributed by atoms with Gasteiger partial charge in [0, 0.05) is 23.5 Å². The second-order valence-electron chi connectivity index (χ2n) is 6.35. The molecule has 1 aromatic carbocycles. The van der Waals surface area contributed by atoms with Crippen molar-refractivity contribution in [3.8, 4) is 22.9 Å². The number of ether oxygens (including phenoxy) is 1. The third-order valence-corrected chi connectivity index (χ3v) is 6.35. The predicted molar refractivity (Wildman–Crippen MR) is 112 cm³/mol. The summed E-state index contributed by atoms with van der Waals surface area (Å²) in [6.45, 7) is 5.52. The molecule has 0 aliphatic carbocycles. The molecule has 1 N–H and O–H groups in total. The molecule has 0 radical (unpaired) electrons. The number of aryl methyl sites for hydroxylation is 2. The number of nitrogens with zero attached hydrogens (tertiary/aromatic N) is 3. The lowest BCUT2D eigenvalue weighted by molar-refractivity contribution is 0.434. The smallest absolute Gasteiger partial charge is 0.263 e. The van der Waals surface area contributed by atoms with Crippen LogP contribution in [0.15, 0.2) is 35.7 Å². The fourth-order valence-electron chi connectivity index (χ4n) is 2.80. The first-order valence-electron chi connectivity index (χ1n) is 8.49. The van der Waals surface area contributed by atoms with Crippen molar-refractivity contribution in [1.29, 1.82) is 0 Å². The summed E-state index contributed by atoms with van der Waals surface area (Å²) in [6, 6.07) is 3.50. The van der Waals surface area contributed by atoms with Gasteiger partial charge in [-0.05, 0) is 45.0 Å². The average Bonchev–Trinajstić information content (AvgIpc) is 2.69. The molecule has 0 amide bonds. The van der Waals surface area contributed by atoms with Crippen LogP contribution in [-0.2, 0) is 10.0 Å². The second kappa shape index (κ2) is 8.23. The Morgan fingerprint density at radius 1 is 1.03 bits per heavy atom. The highest BCUT2D eigenvalue weighted by Crippen LogP contribution is 2.37. The number of hydrogen-bond donors (Lipinski definition) is 1. The first kappa shape index (κ1) is 21.4.